The van der Waals surface area contributed by atoms with Crippen LogP contribution in [0.3, 0.4) is 0 Å². The van der Waals surface area contributed by atoms with Crippen LogP contribution in [-0.2, 0) is 27.2 Å². The number of rotatable bonds is 8. The lowest BCUT2D eigenvalue weighted by Gasteiger charge is -2.32. The molecule has 2 heterocycles. The number of fused-ring (bicyclic) bond motifs is 1. The maximum atomic E-state index is 13.6. The number of aromatic nitrogens is 1. The summed E-state index contributed by atoms with van der Waals surface area (Å²) in [6.07, 6.45) is 2.52. The molecule has 0 spiro atoms. The summed E-state index contributed by atoms with van der Waals surface area (Å²) in [5.41, 5.74) is 7.41. The molecular weight excluding hydrogens is 392 g/mol. The van der Waals surface area contributed by atoms with Crippen molar-refractivity contribution in [1.29, 1.82) is 0 Å². The zero-order valence-electron chi connectivity index (χ0n) is 18.2. The molecule has 1 aliphatic rings. The minimum Gasteiger partial charge on any atom is -0.369 e. The van der Waals surface area contributed by atoms with Gasteiger partial charge in [-0.3, -0.25) is 19.3 Å². The first kappa shape index (κ1) is 22.5. The maximum Gasteiger partial charge on any atom is 0.232 e. The van der Waals surface area contributed by atoms with Crippen LogP contribution in [0.4, 0.5) is 5.82 Å². The second-order valence-electron chi connectivity index (χ2n) is 8.48. The van der Waals surface area contributed by atoms with Crippen molar-refractivity contribution in [2.45, 2.75) is 39.7 Å². The monoisotopic (exact) mass is 422 g/mol. The van der Waals surface area contributed by atoms with Gasteiger partial charge in [0.05, 0.1) is 18.4 Å². The van der Waals surface area contributed by atoms with Crippen molar-refractivity contribution >= 4 is 23.5 Å². The van der Waals surface area contributed by atoms with Gasteiger partial charge in [0.2, 0.25) is 17.7 Å². The standard InChI is InChI=1S/C24H30N4O3/c1-15(2)21(16(3)22(25)30)24(31)28-19(13-18-10-7-11-26-23(18)28)14-27-20(29)12-17-8-5-4-6-9-17/h4-11,15-16,19,21H,12-14H2,1-3H3,(H2,25,30)(H,27,29)/t16?,19?,21-/m0/s1. The van der Waals surface area contributed by atoms with Crippen LogP contribution < -0.4 is 16.0 Å². The van der Waals surface area contributed by atoms with Crippen LogP contribution in [0, 0.1) is 17.8 Å². The van der Waals surface area contributed by atoms with Gasteiger partial charge in [0.25, 0.3) is 0 Å². The first-order valence-corrected chi connectivity index (χ1v) is 10.7. The smallest absolute Gasteiger partial charge is 0.232 e. The molecular formula is C24H30N4O3. The molecule has 7 heteroatoms. The Morgan fingerprint density at radius 2 is 1.84 bits per heavy atom. The number of hydrogen-bond donors (Lipinski definition) is 2. The van der Waals surface area contributed by atoms with Gasteiger partial charge in [0.15, 0.2) is 0 Å². The predicted molar refractivity (Wildman–Crippen MR) is 119 cm³/mol. The zero-order valence-corrected chi connectivity index (χ0v) is 18.2. The Labute approximate surface area is 183 Å². The lowest BCUT2D eigenvalue weighted by atomic mass is 9.82. The minimum absolute atomic E-state index is 0.0731. The van der Waals surface area contributed by atoms with Crippen molar-refractivity contribution in [3.05, 3.63) is 59.8 Å². The highest BCUT2D eigenvalue weighted by Gasteiger charge is 2.41. The quantitative estimate of drug-likeness (QED) is 0.679. The molecule has 0 saturated carbocycles. The van der Waals surface area contributed by atoms with Crippen LogP contribution in [0.1, 0.15) is 31.9 Å². The van der Waals surface area contributed by atoms with Gasteiger partial charge in [-0.2, -0.15) is 0 Å². The first-order valence-electron chi connectivity index (χ1n) is 10.7. The second kappa shape index (κ2) is 9.73. The number of hydrogen-bond acceptors (Lipinski definition) is 4. The van der Waals surface area contributed by atoms with Crippen LogP contribution in [-0.4, -0.2) is 35.3 Å². The molecule has 0 fully saturated rings. The summed E-state index contributed by atoms with van der Waals surface area (Å²) in [7, 11) is 0. The first-order chi connectivity index (χ1) is 14.8. The van der Waals surface area contributed by atoms with E-state index in [4.69, 9.17) is 5.73 Å². The number of nitrogens with one attached hydrogen (secondary N) is 1. The summed E-state index contributed by atoms with van der Waals surface area (Å²) in [5, 5.41) is 2.96. The van der Waals surface area contributed by atoms with Gasteiger partial charge in [-0.1, -0.05) is 57.2 Å². The molecule has 31 heavy (non-hydrogen) atoms. The Balaban J connectivity index is 1.78. The molecule has 0 bridgehead atoms. The van der Waals surface area contributed by atoms with E-state index in [0.29, 0.717) is 18.8 Å². The second-order valence-corrected chi connectivity index (χ2v) is 8.48. The Bertz CT molecular complexity index is 945. The number of carbonyl (C=O) groups is 3. The fraction of sp³-hybridized carbons (Fsp3) is 0.417. The Morgan fingerprint density at radius 3 is 2.48 bits per heavy atom. The molecule has 3 amide bonds. The summed E-state index contributed by atoms with van der Waals surface area (Å²) in [5.74, 6) is -1.43. The van der Waals surface area contributed by atoms with Crippen LogP contribution >= 0.6 is 0 Å². The Hall–Kier alpha value is -3.22. The number of nitrogens with zero attached hydrogens (tertiary/aromatic N) is 2. The number of carbonyl (C=O) groups excluding carboxylic acids is 3. The molecule has 0 saturated heterocycles. The predicted octanol–water partition coefficient (Wildman–Crippen LogP) is 2.09. The SMILES string of the molecule is CC(C)[C@H](C(=O)N1c2ncccc2CC1CNC(=O)Cc1ccccc1)C(C)C(N)=O. The van der Waals surface area contributed by atoms with Crippen LogP contribution in [0.25, 0.3) is 0 Å². The lowest BCUT2D eigenvalue weighted by Crippen LogP contribution is -2.51. The average Bonchev–Trinajstić information content (AvgIpc) is 3.11. The molecule has 3 atom stereocenters. The van der Waals surface area contributed by atoms with Gasteiger partial charge < -0.3 is 11.1 Å². The molecule has 0 radical (unpaired) electrons. The third-order valence-corrected chi connectivity index (χ3v) is 5.89. The van der Waals surface area contributed by atoms with Crippen molar-refractivity contribution in [3.8, 4) is 0 Å². The number of amides is 3. The third-order valence-electron chi connectivity index (χ3n) is 5.89. The van der Waals surface area contributed by atoms with E-state index in [0.717, 1.165) is 11.1 Å². The molecule has 7 nitrogen and oxygen atoms in total. The van der Waals surface area contributed by atoms with Gasteiger partial charge in [-0.25, -0.2) is 4.98 Å². The number of anilines is 1. The molecule has 1 aliphatic heterocycles. The van der Waals surface area contributed by atoms with Crippen molar-refractivity contribution in [1.82, 2.24) is 10.3 Å². The van der Waals surface area contributed by atoms with Gasteiger partial charge in [0, 0.05) is 18.7 Å². The Morgan fingerprint density at radius 1 is 1.13 bits per heavy atom. The number of primary amides is 1. The molecule has 3 rings (SSSR count). The normalized spacial score (nSPS) is 17.2. The minimum atomic E-state index is -0.603. The van der Waals surface area contributed by atoms with E-state index in [2.05, 4.69) is 10.3 Å². The molecule has 0 aliphatic carbocycles. The van der Waals surface area contributed by atoms with E-state index in [1.54, 1.807) is 18.0 Å². The topological polar surface area (TPSA) is 105 Å². The summed E-state index contributed by atoms with van der Waals surface area (Å²) in [6.45, 7) is 5.82. The molecule has 2 unspecified atom stereocenters. The number of benzene rings is 1. The van der Waals surface area contributed by atoms with E-state index < -0.39 is 17.7 Å². The largest absolute Gasteiger partial charge is 0.369 e. The van der Waals surface area contributed by atoms with Gasteiger partial charge in [-0.05, 0) is 29.5 Å². The fourth-order valence-corrected chi connectivity index (χ4v) is 4.26. The number of pyridine rings is 1. The van der Waals surface area contributed by atoms with Crippen molar-refractivity contribution in [2.24, 2.45) is 23.5 Å². The highest BCUT2D eigenvalue weighted by molar-refractivity contribution is 5.99. The van der Waals surface area contributed by atoms with Crippen LogP contribution in [0.5, 0.6) is 0 Å². The zero-order chi connectivity index (χ0) is 22.5. The summed E-state index contributed by atoms with van der Waals surface area (Å²) < 4.78 is 0. The Kier molecular flexibility index (Phi) is 7.05. The summed E-state index contributed by atoms with van der Waals surface area (Å²) in [6, 6.07) is 13.0. The summed E-state index contributed by atoms with van der Waals surface area (Å²) >= 11 is 0. The van der Waals surface area contributed by atoms with Gasteiger partial charge in [-0.15, -0.1) is 0 Å². The van der Waals surface area contributed by atoms with Crippen molar-refractivity contribution in [3.63, 3.8) is 0 Å². The van der Waals surface area contributed by atoms with Crippen LogP contribution in [0.2, 0.25) is 0 Å². The van der Waals surface area contributed by atoms with Crippen molar-refractivity contribution < 1.29 is 14.4 Å². The van der Waals surface area contributed by atoms with E-state index in [9.17, 15) is 14.4 Å². The van der Waals surface area contributed by atoms with E-state index in [1.165, 1.54) is 0 Å². The molecule has 1 aromatic carbocycles. The molecule has 1 aromatic heterocycles. The average molecular weight is 423 g/mol. The van der Waals surface area contributed by atoms with Crippen molar-refractivity contribution in [2.75, 3.05) is 11.4 Å². The van der Waals surface area contributed by atoms with Gasteiger partial charge in [0.1, 0.15) is 5.82 Å². The van der Waals surface area contributed by atoms with E-state index in [-0.39, 0.29) is 30.2 Å². The van der Waals surface area contributed by atoms with E-state index in [1.807, 2.05) is 56.3 Å². The number of nitrogens with two attached hydrogens (primary N) is 1. The van der Waals surface area contributed by atoms with E-state index >= 15 is 0 Å². The maximum absolute atomic E-state index is 13.6. The highest BCUT2D eigenvalue weighted by atomic mass is 16.2. The molecule has 3 N–H and O–H groups in total. The van der Waals surface area contributed by atoms with Crippen LogP contribution in [0.15, 0.2) is 48.7 Å². The highest BCUT2D eigenvalue weighted by Crippen LogP contribution is 2.34. The third kappa shape index (κ3) is 5.10. The fourth-order valence-electron chi connectivity index (χ4n) is 4.26. The molecule has 2 aromatic rings. The summed E-state index contributed by atoms with van der Waals surface area (Å²) in [4.78, 5) is 44.0. The van der Waals surface area contributed by atoms with Gasteiger partial charge >= 0.3 is 0 Å². The molecule has 164 valence electrons. The lowest BCUT2D eigenvalue weighted by molar-refractivity contribution is -0.133.